The summed E-state index contributed by atoms with van der Waals surface area (Å²) in [6.45, 7) is 2.50. The summed E-state index contributed by atoms with van der Waals surface area (Å²) in [5.74, 6) is 0.628. The lowest BCUT2D eigenvalue weighted by atomic mass is 9.98. The number of H-pyrrole nitrogens is 2. The summed E-state index contributed by atoms with van der Waals surface area (Å²) in [6.07, 6.45) is 5.51. The molecule has 7 heteroatoms. The van der Waals surface area contributed by atoms with Gasteiger partial charge in [-0.05, 0) is 39.6 Å². The lowest BCUT2D eigenvalue weighted by molar-refractivity contribution is 0.725. The van der Waals surface area contributed by atoms with Crippen molar-refractivity contribution in [3.05, 3.63) is 124 Å². The van der Waals surface area contributed by atoms with Gasteiger partial charge in [-0.2, -0.15) is 0 Å². The minimum atomic E-state index is -0.0809. The molecule has 0 aliphatic rings. The van der Waals surface area contributed by atoms with Crippen LogP contribution in [0, 0.1) is 0 Å². The lowest BCUT2D eigenvalue weighted by Gasteiger charge is -2.11. The molecule has 0 saturated heterocycles. The van der Waals surface area contributed by atoms with E-state index < -0.39 is 0 Å². The predicted octanol–water partition coefficient (Wildman–Crippen LogP) is 4.78. The summed E-state index contributed by atoms with van der Waals surface area (Å²) in [6, 6.07) is 26.5. The van der Waals surface area contributed by atoms with E-state index in [2.05, 4.69) is 74.1 Å². The van der Waals surface area contributed by atoms with Gasteiger partial charge < -0.3 is 4.98 Å². The minimum Gasteiger partial charge on any atom is -0.309 e. The van der Waals surface area contributed by atoms with Crippen molar-refractivity contribution in [2.75, 3.05) is 0 Å². The number of aromatic nitrogens is 6. The van der Waals surface area contributed by atoms with E-state index in [1.54, 1.807) is 0 Å². The van der Waals surface area contributed by atoms with Gasteiger partial charge in [-0.3, -0.25) is 4.57 Å². The van der Waals surface area contributed by atoms with E-state index in [0.29, 0.717) is 25.2 Å². The van der Waals surface area contributed by atoms with E-state index in [-0.39, 0.29) is 5.69 Å². The second kappa shape index (κ2) is 10.2. The van der Waals surface area contributed by atoms with Crippen molar-refractivity contribution < 1.29 is 0 Å². The highest BCUT2D eigenvalue weighted by atomic mass is 16.1. The SMILES string of the molecule is CC=CCc1c(Cc2ccccc2)[nH]c(=O)n1Cc1ccc(-c2ccccc2-c2nnn[nH]2)cc1. The summed E-state index contributed by atoms with van der Waals surface area (Å²) >= 11 is 0. The largest absolute Gasteiger partial charge is 0.326 e. The number of nitrogens with zero attached hydrogens (tertiary/aromatic N) is 4. The number of hydrogen-bond acceptors (Lipinski definition) is 4. The third kappa shape index (κ3) is 4.89. The fourth-order valence-electron chi connectivity index (χ4n) is 4.32. The Kier molecular flexibility index (Phi) is 6.48. The normalized spacial score (nSPS) is 11.3. The molecule has 0 radical (unpaired) electrons. The molecular formula is C28H26N6O. The first kappa shape index (κ1) is 22.3. The quantitative estimate of drug-likeness (QED) is 0.325. The van der Waals surface area contributed by atoms with Crippen molar-refractivity contribution in [3.8, 4) is 22.5 Å². The maximum absolute atomic E-state index is 12.9. The standard InChI is InChI=1S/C28H26N6O/c1-2-3-13-26-25(18-20-9-5-4-6-10-20)29-28(35)34(26)19-21-14-16-22(17-15-21)23-11-7-8-12-24(23)27-30-32-33-31-27/h2-12,14-17H,13,18-19H2,1H3,(H,29,35)(H,30,31,32,33). The van der Waals surface area contributed by atoms with Gasteiger partial charge in [-0.15, -0.1) is 5.10 Å². The zero-order valence-corrected chi connectivity index (χ0v) is 19.5. The molecule has 3 aromatic carbocycles. The Bertz CT molecular complexity index is 1480. The molecule has 5 aromatic rings. The van der Waals surface area contributed by atoms with Crippen molar-refractivity contribution in [2.45, 2.75) is 26.3 Å². The van der Waals surface area contributed by atoms with Gasteiger partial charge >= 0.3 is 5.69 Å². The third-order valence-corrected chi connectivity index (χ3v) is 6.08. The van der Waals surface area contributed by atoms with Crippen LogP contribution in [0.5, 0.6) is 0 Å². The highest BCUT2D eigenvalue weighted by molar-refractivity contribution is 5.80. The topological polar surface area (TPSA) is 92.2 Å². The van der Waals surface area contributed by atoms with Gasteiger partial charge in [0.1, 0.15) is 0 Å². The third-order valence-electron chi connectivity index (χ3n) is 6.08. The van der Waals surface area contributed by atoms with Crippen molar-refractivity contribution in [2.24, 2.45) is 0 Å². The Morgan fingerprint density at radius 3 is 2.34 bits per heavy atom. The molecule has 174 valence electrons. The van der Waals surface area contributed by atoms with E-state index in [1.807, 2.05) is 54.0 Å². The van der Waals surface area contributed by atoms with E-state index >= 15 is 0 Å². The van der Waals surface area contributed by atoms with Crippen LogP contribution in [-0.2, 0) is 19.4 Å². The van der Waals surface area contributed by atoms with Crippen LogP contribution in [-0.4, -0.2) is 30.2 Å². The molecule has 0 aliphatic heterocycles. The molecule has 0 amide bonds. The molecule has 0 unspecified atom stereocenters. The Balaban J connectivity index is 1.44. The molecule has 35 heavy (non-hydrogen) atoms. The summed E-state index contributed by atoms with van der Waals surface area (Å²) < 4.78 is 1.85. The number of allylic oxidation sites excluding steroid dienone is 2. The summed E-state index contributed by atoms with van der Waals surface area (Å²) in [4.78, 5) is 16.0. The number of benzene rings is 3. The van der Waals surface area contributed by atoms with Crippen LogP contribution in [0.4, 0.5) is 0 Å². The summed E-state index contributed by atoms with van der Waals surface area (Å²) in [5.41, 5.74) is 7.16. The van der Waals surface area contributed by atoms with Gasteiger partial charge in [-0.25, -0.2) is 9.89 Å². The molecule has 5 rings (SSSR count). The first-order valence-electron chi connectivity index (χ1n) is 11.6. The molecule has 0 saturated carbocycles. The number of tetrazole rings is 1. The van der Waals surface area contributed by atoms with Crippen LogP contribution in [0.15, 0.2) is 95.8 Å². The van der Waals surface area contributed by atoms with Crippen molar-refractivity contribution in [1.29, 1.82) is 0 Å². The zero-order valence-electron chi connectivity index (χ0n) is 19.5. The van der Waals surface area contributed by atoms with E-state index in [0.717, 1.165) is 33.6 Å². The monoisotopic (exact) mass is 462 g/mol. The fraction of sp³-hybridized carbons (Fsp3) is 0.143. The molecule has 0 bridgehead atoms. The average Bonchev–Trinajstić information content (AvgIpc) is 3.53. The van der Waals surface area contributed by atoms with Crippen LogP contribution in [0.25, 0.3) is 22.5 Å². The molecule has 0 spiro atoms. The Labute approximate surface area is 203 Å². The highest BCUT2D eigenvalue weighted by Gasteiger charge is 2.15. The number of hydrogen-bond donors (Lipinski definition) is 2. The Morgan fingerprint density at radius 2 is 1.63 bits per heavy atom. The predicted molar refractivity (Wildman–Crippen MR) is 137 cm³/mol. The van der Waals surface area contributed by atoms with Gasteiger partial charge in [-0.1, -0.05) is 91.0 Å². The second-order valence-corrected chi connectivity index (χ2v) is 8.37. The van der Waals surface area contributed by atoms with E-state index in [9.17, 15) is 4.79 Å². The number of rotatable bonds is 8. The molecule has 2 N–H and O–H groups in total. The van der Waals surface area contributed by atoms with Gasteiger partial charge in [0.05, 0.1) is 6.54 Å². The van der Waals surface area contributed by atoms with Gasteiger partial charge in [0.2, 0.25) is 0 Å². The molecular weight excluding hydrogens is 436 g/mol. The van der Waals surface area contributed by atoms with Gasteiger partial charge in [0, 0.05) is 29.8 Å². The van der Waals surface area contributed by atoms with E-state index in [1.165, 1.54) is 5.56 Å². The van der Waals surface area contributed by atoms with Crippen LogP contribution >= 0.6 is 0 Å². The number of nitrogens with one attached hydrogen (secondary N) is 2. The zero-order chi connectivity index (χ0) is 24.0. The molecule has 2 heterocycles. The van der Waals surface area contributed by atoms with Gasteiger partial charge in [0.15, 0.2) is 5.82 Å². The van der Waals surface area contributed by atoms with Crippen LogP contribution in [0.2, 0.25) is 0 Å². The molecule has 2 aromatic heterocycles. The lowest BCUT2D eigenvalue weighted by Crippen LogP contribution is -2.19. The highest BCUT2D eigenvalue weighted by Crippen LogP contribution is 2.29. The fourth-order valence-corrected chi connectivity index (χ4v) is 4.32. The van der Waals surface area contributed by atoms with Crippen molar-refractivity contribution in [1.82, 2.24) is 30.2 Å². The summed E-state index contributed by atoms with van der Waals surface area (Å²) in [7, 11) is 0. The van der Waals surface area contributed by atoms with E-state index in [4.69, 9.17) is 0 Å². The maximum Gasteiger partial charge on any atom is 0.326 e. The second-order valence-electron chi connectivity index (χ2n) is 8.37. The van der Waals surface area contributed by atoms with Crippen molar-refractivity contribution in [3.63, 3.8) is 0 Å². The first-order valence-corrected chi connectivity index (χ1v) is 11.6. The number of imidazole rings is 1. The molecule has 0 fully saturated rings. The van der Waals surface area contributed by atoms with Crippen LogP contribution in [0.1, 0.15) is 29.4 Å². The Morgan fingerprint density at radius 1 is 0.886 bits per heavy atom. The number of aromatic amines is 2. The first-order chi connectivity index (χ1) is 17.2. The molecule has 0 atom stereocenters. The average molecular weight is 463 g/mol. The molecule has 0 aliphatic carbocycles. The Hall–Kier alpha value is -4.52. The van der Waals surface area contributed by atoms with Gasteiger partial charge in [0.25, 0.3) is 0 Å². The molecule has 7 nitrogen and oxygen atoms in total. The summed E-state index contributed by atoms with van der Waals surface area (Å²) in [5, 5.41) is 14.3. The maximum atomic E-state index is 12.9. The minimum absolute atomic E-state index is 0.0809. The van der Waals surface area contributed by atoms with Crippen LogP contribution in [0.3, 0.4) is 0 Å². The van der Waals surface area contributed by atoms with Crippen LogP contribution < -0.4 is 5.69 Å². The van der Waals surface area contributed by atoms with Crippen molar-refractivity contribution >= 4 is 0 Å². The smallest absolute Gasteiger partial charge is 0.309 e.